The van der Waals surface area contributed by atoms with Crippen LogP contribution in [0.1, 0.15) is 19.4 Å². The Morgan fingerprint density at radius 2 is 1.43 bits per heavy atom. The molecule has 261 valence electrons. The van der Waals surface area contributed by atoms with E-state index in [-0.39, 0.29) is 43.6 Å². The van der Waals surface area contributed by atoms with Gasteiger partial charge in [0.25, 0.3) is 6.71 Å². The molecule has 5 aromatic carbocycles. The molecule has 1 radical (unpaired) electrons. The molecule has 53 heavy (non-hydrogen) atoms. The van der Waals surface area contributed by atoms with Crippen LogP contribution in [0.5, 0.6) is 23.0 Å². The van der Waals surface area contributed by atoms with Crippen molar-refractivity contribution >= 4 is 58.3 Å². The summed E-state index contributed by atoms with van der Waals surface area (Å²) in [5.41, 5.74) is 6.20. The maximum absolute atomic E-state index is 7.96. The number of hydrogen-bond donors (Lipinski definition) is 0. The summed E-state index contributed by atoms with van der Waals surface area (Å²) in [6.07, 6.45) is 3.13. The van der Waals surface area contributed by atoms with Gasteiger partial charge in [-0.1, -0.05) is 78.6 Å². The Labute approximate surface area is 332 Å². The minimum Gasteiger partial charge on any atom is -0.501 e. The maximum Gasteiger partial charge on any atom is 0.260 e. The fourth-order valence-electron chi connectivity index (χ4n) is 6.94. The fraction of sp³-hybridized carbons (Fsp3) is 0.111. The van der Waals surface area contributed by atoms with Gasteiger partial charge in [0.1, 0.15) is 28.6 Å². The molecule has 8 heteroatoms. The topological polar surface area (TPSA) is 57.4 Å². The maximum atomic E-state index is 7.96. The minimum atomic E-state index is -2.65. The van der Waals surface area contributed by atoms with Gasteiger partial charge in [0, 0.05) is 51.6 Å². The first-order valence-electron chi connectivity index (χ1n) is 20.1. The largest absolute Gasteiger partial charge is 0.501 e. The van der Waals surface area contributed by atoms with E-state index in [2.05, 4.69) is 59.9 Å². The van der Waals surface area contributed by atoms with Crippen LogP contribution >= 0.6 is 0 Å². The second kappa shape index (κ2) is 13.6. The smallest absolute Gasteiger partial charge is 0.260 e. The second-order valence-corrected chi connectivity index (χ2v) is 19.1. The van der Waals surface area contributed by atoms with Gasteiger partial charge in [-0.25, -0.2) is 0 Å². The molecule has 0 atom stereocenters. The molecule has 0 bridgehead atoms. The summed E-state index contributed by atoms with van der Waals surface area (Å²) in [5, 5.41) is 2.98. The first kappa shape index (κ1) is 28.3. The number of pyridine rings is 2. The Morgan fingerprint density at radius 3 is 2.19 bits per heavy atom. The minimum absolute atomic E-state index is 0. The summed E-state index contributed by atoms with van der Waals surface area (Å²) in [5.74, 6) is 2.98. The molecule has 0 saturated heterocycles. The van der Waals surface area contributed by atoms with Gasteiger partial charge in [0.15, 0.2) is 0 Å². The number of rotatable bonds is 3. The standard InChI is InChI=1S/C31H19BNO3.C14H16NSi.Ir/c1-17-13-24(33-16-18(17)2)20-8-5-7-19-21-14-29-23(15-28(21)36-31(19)20)32-22-9-3-4-10-25(22)34-26-11-6-12-27(35-29)30(26)32;1-16(2,3)13-9-10-14(15-11-13)12-7-5-4-6-8-12;/h3-7,9-16H,1-2H3;4-7,9-11H,1-3H3;/q2*-1;/i1D3,2D3;;. The molecule has 2 aliphatic rings. The molecule has 0 N–H and O–H groups in total. The number of aryl methyl sites for hydroxylation is 2. The zero-order chi connectivity index (χ0) is 40.6. The van der Waals surface area contributed by atoms with Crippen LogP contribution in [0.25, 0.3) is 44.5 Å². The summed E-state index contributed by atoms with van der Waals surface area (Å²) >= 11 is 0. The zero-order valence-electron chi connectivity index (χ0n) is 35.1. The second-order valence-electron chi connectivity index (χ2n) is 14.0. The van der Waals surface area contributed by atoms with E-state index in [9.17, 15) is 0 Å². The summed E-state index contributed by atoms with van der Waals surface area (Å²) in [7, 11) is -1.23. The Bertz CT molecular complexity index is 2880. The third-order valence-electron chi connectivity index (χ3n) is 9.63. The number of para-hydroxylation sites is 1. The van der Waals surface area contributed by atoms with E-state index in [1.54, 1.807) is 6.07 Å². The van der Waals surface area contributed by atoms with Crippen LogP contribution in [0.3, 0.4) is 0 Å². The normalized spacial score (nSPS) is 14.5. The molecule has 8 aromatic rings. The van der Waals surface area contributed by atoms with Gasteiger partial charge < -0.3 is 23.9 Å². The van der Waals surface area contributed by atoms with Crippen molar-refractivity contribution < 1.29 is 42.2 Å². The van der Waals surface area contributed by atoms with Crippen molar-refractivity contribution in [1.82, 2.24) is 9.97 Å². The molecular formula is C45H35BIrN2O3Si-2. The van der Waals surface area contributed by atoms with Crippen molar-refractivity contribution in [1.29, 1.82) is 0 Å². The zero-order valence-corrected chi connectivity index (χ0v) is 32.5. The Balaban J connectivity index is 0.000000240. The molecule has 0 spiro atoms. The third kappa shape index (κ3) is 6.21. The van der Waals surface area contributed by atoms with Crippen molar-refractivity contribution in [3.05, 3.63) is 145 Å². The van der Waals surface area contributed by atoms with Crippen molar-refractivity contribution in [2.75, 3.05) is 0 Å². The molecule has 2 aliphatic heterocycles. The molecule has 3 aromatic heterocycles. The van der Waals surface area contributed by atoms with E-state index in [1.165, 1.54) is 11.3 Å². The van der Waals surface area contributed by atoms with E-state index in [4.69, 9.17) is 22.1 Å². The summed E-state index contributed by atoms with van der Waals surface area (Å²) < 4.78 is 66.3. The van der Waals surface area contributed by atoms with Crippen molar-refractivity contribution in [2.24, 2.45) is 0 Å². The summed E-state index contributed by atoms with van der Waals surface area (Å²) in [4.78, 5) is 8.86. The Hall–Kier alpha value is -5.27. The molecule has 0 fully saturated rings. The van der Waals surface area contributed by atoms with E-state index in [1.807, 2.05) is 85.1 Å². The van der Waals surface area contributed by atoms with Gasteiger partial charge in [0.05, 0.1) is 13.7 Å². The molecule has 0 aliphatic carbocycles. The van der Waals surface area contributed by atoms with Crippen molar-refractivity contribution in [3.63, 3.8) is 0 Å². The molecule has 0 amide bonds. The number of fused-ring (bicyclic) bond motifs is 7. The summed E-state index contributed by atoms with van der Waals surface area (Å²) in [6.45, 7) is 1.61. The van der Waals surface area contributed by atoms with Gasteiger partial charge in [-0.2, -0.15) is 0 Å². The van der Waals surface area contributed by atoms with Crippen molar-refractivity contribution in [2.45, 2.75) is 33.3 Å². The van der Waals surface area contributed by atoms with Crippen LogP contribution in [0, 0.1) is 25.8 Å². The SMILES string of the molecule is C[Si](C)(C)c1ccc(-c2[c-]cccc2)nc1.[2H]C([2H])([2H])c1cnc(-c2[c-]ccc3c2oc2cc4c(cc23)Oc2cccc3c2B4c2ccccc2O3)cc1C([2H])([2H])[2H].[Ir]. The van der Waals surface area contributed by atoms with Crippen LogP contribution in [-0.4, -0.2) is 24.8 Å². The number of furan rings is 1. The van der Waals surface area contributed by atoms with Crippen molar-refractivity contribution in [3.8, 4) is 45.5 Å². The number of nitrogens with zero attached hydrogens (tertiary/aromatic N) is 2. The van der Waals surface area contributed by atoms with Gasteiger partial charge in [0.2, 0.25) is 0 Å². The predicted octanol–water partition coefficient (Wildman–Crippen LogP) is 8.88. The van der Waals surface area contributed by atoms with E-state index >= 15 is 0 Å². The monoisotopic (exact) mass is 889 g/mol. The number of benzene rings is 5. The molecule has 5 nitrogen and oxygen atoms in total. The summed E-state index contributed by atoms with van der Waals surface area (Å²) in [6, 6.07) is 41.2. The van der Waals surface area contributed by atoms with E-state index in [0.29, 0.717) is 22.5 Å². The average Bonchev–Trinajstić information content (AvgIpc) is 3.57. The van der Waals surface area contributed by atoms with Gasteiger partial charge in [-0.15, -0.1) is 54.1 Å². The average molecular weight is 889 g/mol. The van der Waals surface area contributed by atoms with Crippen LogP contribution < -0.4 is 31.0 Å². The number of hydrogen-bond acceptors (Lipinski definition) is 5. The van der Waals surface area contributed by atoms with Gasteiger partial charge in [-0.05, 0) is 77.1 Å². The molecule has 5 heterocycles. The Kier molecular flexibility index (Phi) is 7.26. The van der Waals surface area contributed by atoms with Crippen LogP contribution in [0.4, 0.5) is 0 Å². The first-order valence-corrected chi connectivity index (χ1v) is 20.6. The Morgan fingerprint density at radius 1 is 0.660 bits per heavy atom. The first-order chi connectivity index (χ1) is 27.6. The quantitative estimate of drug-likeness (QED) is 0.131. The van der Waals surface area contributed by atoms with E-state index < -0.39 is 21.8 Å². The van der Waals surface area contributed by atoms with E-state index in [0.717, 1.165) is 61.9 Å². The number of aromatic nitrogens is 2. The predicted molar refractivity (Wildman–Crippen MR) is 214 cm³/mol. The van der Waals surface area contributed by atoms with Crippen LogP contribution in [0.15, 0.2) is 126 Å². The molecule has 10 rings (SSSR count). The molecular weight excluding hydrogens is 848 g/mol. The molecule has 0 unspecified atom stereocenters. The number of ether oxygens (including phenoxy) is 2. The van der Waals surface area contributed by atoms with Gasteiger partial charge >= 0.3 is 0 Å². The van der Waals surface area contributed by atoms with Gasteiger partial charge in [-0.3, -0.25) is 0 Å². The van der Waals surface area contributed by atoms with Crippen LogP contribution in [-0.2, 0) is 20.1 Å². The van der Waals surface area contributed by atoms with Crippen LogP contribution in [0.2, 0.25) is 19.6 Å². The fourth-order valence-corrected chi connectivity index (χ4v) is 7.98. The molecule has 0 saturated carbocycles. The third-order valence-corrected chi connectivity index (χ3v) is 11.7.